The Morgan fingerprint density at radius 3 is 2.54 bits per heavy atom. The summed E-state index contributed by atoms with van der Waals surface area (Å²) in [6, 6.07) is 0. The normalized spacial score (nSPS) is 19.9. The van der Waals surface area contributed by atoms with E-state index in [4.69, 9.17) is 9.47 Å². The molecule has 0 aliphatic carbocycles. The van der Waals surface area contributed by atoms with Gasteiger partial charge in [-0.05, 0) is 0 Å². The Balaban J connectivity index is 2.87. The summed E-state index contributed by atoms with van der Waals surface area (Å²) >= 11 is 0. The second-order valence-electron chi connectivity index (χ2n) is 3.21. The van der Waals surface area contributed by atoms with Crippen molar-refractivity contribution in [2.45, 2.75) is 33.0 Å². The molecule has 1 rings (SSSR count). The van der Waals surface area contributed by atoms with Crippen LogP contribution in [0.3, 0.4) is 0 Å². The number of allylic oxidation sites excluding steroid dienone is 1. The summed E-state index contributed by atoms with van der Waals surface area (Å²) in [6.45, 7) is 4.88. The topological polar surface area (TPSA) is 52.6 Å². The van der Waals surface area contributed by atoms with Crippen LogP contribution in [-0.4, -0.2) is 17.5 Å². The minimum atomic E-state index is -1.04. The third-order valence-corrected chi connectivity index (χ3v) is 1.55. The molecular weight excluding hydrogens is 172 g/mol. The third kappa shape index (κ3) is 2.31. The SMILES string of the molecule is CCC(=O)C1=CC(=O)OC(C)(C)O1. The molecule has 0 N–H and O–H groups in total. The molecule has 0 bridgehead atoms. The summed E-state index contributed by atoms with van der Waals surface area (Å²) < 4.78 is 9.97. The van der Waals surface area contributed by atoms with Crippen LogP contribution in [0.25, 0.3) is 0 Å². The van der Waals surface area contributed by atoms with Crippen LogP contribution >= 0.6 is 0 Å². The second-order valence-corrected chi connectivity index (χ2v) is 3.21. The first-order valence-corrected chi connectivity index (χ1v) is 4.11. The molecule has 1 aliphatic rings. The van der Waals surface area contributed by atoms with Gasteiger partial charge in [0.25, 0.3) is 0 Å². The quantitative estimate of drug-likeness (QED) is 0.604. The largest absolute Gasteiger partial charge is 0.449 e. The Morgan fingerprint density at radius 2 is 2.08 bits per heavy atom. The Morgan fingerprint density at radius 1 is 1.46 bits per heavy atom. The number of hydrogen-bond donors (Lipinski definition) is 0. The van der Waals surface area contributed by atoms with Crippen molar-refractivity contribution < 1.29 is 19.1 Å². The second kappa shape index (κ2) is 3.20. The van der Waals surface area contributed by atoms with E-state index in [2.05, 4.69) is 0 Å². The number of ether oxygens (including phenoxy) is 2. The fraction of sp³-hybridized carbons (Fsp3) is 0.556. The molecule has 4 heteroatoms. The number of carbonyl (C=O) groups is 2. The van der Waals surface area contributed by atoms with E-state index in [0.717, 1.165) is 6.08 Å². The van der Waals surface area contributed by atoms with E-state index >= 15 is 0 Å². The molecule has 0 spiro atoms. The maximum Gasteiger partial charge on any atom is 0.337 e. The van der Waals surface area contributed by atoms with Gasteiger partial charge < -0.3 is 9.47 Å². The maximum absolute atomic E-state index is 11.2. The molecule has 0 saturated carbocycles. The molecule has 4 nitrogen and oxygen atoms in total. The molecule has 1 aliphatic heterocycles. The third-order valence-electron chi connectivity index (χ3n) is 1.55. The fourth-order valence-electron chi connectivity index (χ4n) is 1.01. The molecule has 0 atom stereocenters. The highest BCUT2D eigenvalue weighted by Gasteiger charge is 2.32. The smallest absolute Gasteiger partial charge is 0.337 e. The fourth-order valence-corrected chi connectivity index (χ4v) is 1.01. The van der Waals surface area contributed by atoms with Crippen LogP contribution in [0.2, 0.25) is 0 Å². The number of ketones is 1. The first-order valence-electron chi connectivity index (χ1n) is 4.11. The first-order chi connectivity index (χ1) is 5.94. The number of carbonyl (C=O) groups excluding carboxylic acids is 2. The lowest BCUT2D eigenvalue weighted by Gasteiger charge is -2.29. The van der Waals surface area contributed by atoms with Gasteiger partial charge in [0.2, 0.25) is 5.79 Å². The number of hydrogen-bond acceptors (Lipinski definition) is 4. The van der Waals surface area contributed by atoms with Crippen LogP contribution in [0.1, 0.15) is 27.2 Å². The highest BCUT2D eigenvalue weighted by atomic mass is 16.7. The van der Waals surface area contributed by atoms with E-state index in [1.807, 2.05) is 0 Å². The monoisotopic (exact) mass is 184 g/mol. The van der Waals surface area contributed by atoms with Gasteiger partial charge in [0.15, 0.2) is 11.5 Å². The van der Waals surface area contributed by atoms with E-state index in [9.17, 15) is 9.59 Å². The summed E-state index contributed by atoms with van der Waals surface area (Å²) in [4.78, 5) is 22.2. The molecule has 0 aromatic heterocycles. The van der Waals surface area contributed by atoms with Crippen molar-refractivity contribution in [3.05, 3.63) is 11.8 Å². The minimum absolute atomic E-state index is 0.0868. The van der Waals surface area contributed by atoms with Crippen molar-refractivity contribution in [2.75, 3.05) is 0 Å². The van der Waals surface area contributed by atoms with Crippen LogP contribution in [0.4, 0.5) is 0 Å². The van der Waals surface area contributed by atoms with Gasteiger partial charge in [-0.1, -0.05) is 6.92 Å². The van der Waals surface area contributed by atoms with Crippen LogP contribution in [0.5, 0.6) is 0 Å². The van der Waals surface area contributed by atoms with Crippen molar-refractivity contribution in [1.29, 1.82) is 0 Å². The van der Waals surface area contributed by atoms with Gasteiger partial charge in [-0.2, -0.15) is 0 Å². The molecule has 0 unspecified atom stereocenters. The summed E-state index contributed by atoms with van der Waals surface area (Å²) in [5, 5.41) is 0. The highest BCUT2D eigenvalue weighted by Crippen LogP contribution is 2.22. The molecule has 72 valence electrons. The zero-order valence-electron chi connectivity index (χ0n) is 7.92. The van der Waals surface area contributed by atoms with Gasteiger partial charge in [0.1, 0.15) is 0 Å². The Kier molecular flexibility index (Phi) is 2.40. The summed E-state index contributed by atoms with van der Waals surface area (Å²) in [7, 11) is 0. The zero-order chi connectivity index (χ0) is 10.1. The molecule has 13 heavy (non-hydrogen) atoms. The number of Topliss-reactive ketones (excluding diaryl/α,β-unsaturated/α-hetero) is 1. The van der Waals surface area contributed by atoms with E-state index < -0.39 is 11.8 Å². The maximum atomic E-state index is 11.2. The van der Waals surface area contributed by atoms with Crippen molar-refractivity contribution >= 4 is 11.8 Å². The van der Waals surface area contributed by atoms with E-state index in [1.54, 1.807) is 20.8 Å². The Labute approximate surface area is 76.5 Å². The van der Waals surface area contributed by atoms with E-state index in [1.165, 1.54) is 0 Å². The average molecular weight is 184 g/mol. The standard InChI is InChI=1S/C9H12O4/c1-4-6(10)7-5-8(11)13-9(2,3)12-7/h5H,4H2,1-3H3. The molecule has 0 saturated heterocycles. The van der Waals surface area contributed by atoms with Crippen LogP contribution in [0.15, 0.2) is 11.8 Å². The summed E-state index contributed by atoms with van der Waals surface area (Å²) in [5.74, 6) is -1.67. The lowest BCUT2D eigenvalue weighted by Crippen LogP contribution is -2.36. The summed E-state index contributed by atoms with van der Waals surface area (Å²) in [6.07, 6.45) is 1.40. The molecule has 0 radical (unpaired) electrons. The van der Waals surface area contributed by atoms with Crippen molar-refractivity contribution in [3.63, 3.8) is 0 Å². The lowest BCUT2D eigenvalue weighted by atomic mass is 10.2. The van der Waals surface area contributed by atoms with Crippen LogP contribution in [-0.2, 0) is 19.1 Å². The molecular formula is C9H12O4. The van der Waals surface area contributed by atoms with Crippen molar-refractivity contribution in [1.82, 2.24) is 0 Å². The predicted molar refractivity (Wildman–Crippen MR) is 44.6 cm³/mol. The van der Waals surface area contributed by atoms with E-state index in [-0.39, 0.29) is 11.5 Å². The van der Waals surface area contributed by atoms with Gasteiger partial charge in [0, 0.05) is 20.3 Å². The van der Waals surface area contributed by atoms with Crippen LogP contribution in [0, 0.1) is 0 Å². The van der Waals surface area contributed by atoms with Crippen molar-refractivity contribution in [2.24, 2.45) is 0 Å². The summed E-state index contributed by atoms with van der Waals surface area (Å²) in [5.41, 5.74) is 0. The predicted octanol–water partition coefficient (Wildman–Crippen LogP) is 1.16. The molecule has 0 aromatic carbocycles. The molecule has 0 fully saturated rings. The van der Waals surface area contributed by atoms with E-state index in [0.29, 0.717) is 6.42 Å². The van der Waals surface area contributed by atoms with Gasteiger partial charge in [-0.15, -0.1) is 0 Å². The average Bonchev–Trinajstić information content (AvgIpc) is 1.99. The minimum Gasteiger partial charge on any atom is -0.449 e. The number of rotatable bonds is 2. The Hall–Kier alpha value is -1.32. The number of cyclic esters (lactones) is 1. The lowest BCUT2D eigenvalue weighted by molar-refractivity contribution is -0.206. The van der Waals surface area contributed by atoms with Gasteiger partial charge in [-0.3, -0.25) is 4.79 Å². The number of esters is 1. The molecule has 1 heterocycles. The zero-order valence-corrected chi connectivity index (χ0v) is 7.92. The van der Waals surface area contributed by atoms with Gasteiger partial charge in [-0.25, -0.2) is 4.79 Å². The van der Waals surface area contributed by atoms with Crippen molar-refractivity contribution in [3.8, 4) is 0 Å². The van der Waals surface area contributed by atoms with Gasteiger partial charge >= 0.3 is 5.97 Å². The molecule has 0 amide bonds. The Bertz CT molecular complexity index is 275. The van der Waals surface area contributed by atoms with Gasteiger partial charge in [0.05, 0.1) is 6.08 Å². The first kappa shape index (κ1) is 9.77. The highest BCUT2D eigenvalue weighted by molar-refractivity contribution is 5.99. The van der Waals surface area contributed by atoms with Crippen LogP contribution < -0.4 is 0 Å². The molecule has 0 aromatic rings.